The van der Waals surface area contributed by atoms with Crippen LogP contribution in [0.1, 0.15) is 27.0 Å². The van der Waals surface area contributed by atoms with Gasteiger partial charge < -0.3 is 25.4 Å². The number of nitrogens with zero attached hydrogens (tertiary/aromatic N) is 1. The monoisotopic (exact) mass is 579 g/mol. The van der Waals surface area contributed by atoms with Crippen molar-refractivity contribution in [2.24, 2.45) is 10.9 Å². The van der Waals surface area contributed by atoms with Crippen molar-refractivity contribution in [1.29, 1.82) is 0 Å². The molecule has 0 aromatic heterocycles. The van der Waals surface area contributed by atoms with Crippen LogP contribution >= 0.6 is 11.6 Å². The van der Waals surface area contributed by atoms with Crippen molar-refractivity contribution >= 4 is 45.0 Å². The number of anilines is 2. The Morgan fingerprint density at radius 2 is 1.62 bits per heavy atom. The van der Waals surface area contributed by atoms with E-state index >= 15 is 0 Å². The lowest BCUT2D eigenvalue weighted by atomic mass is 9.76. The maximum atomic E-state index is 13.2. The number of esters is 1. The number of carbonyl (C=O) groups excluding carboxylic acids is 2. The van der Waals surface area contributed by atoms with Crippen LogP contribution in [0, 0.1) is 0 Å². The van der Waals surface area contributed by atoms with E-state index in [0.29, 0.717) is 11.1 Å². The van der Waals surface area contributed by atoms with E-state index in [1.165, 1.54) is 36.4 Å². The molecule has 1 unspecified atom stereocenters. The minimum Gasteiger partial charge on any atom is -0.508 e. The van der Waals surface area contributed by atoms with Gasteiger partial charge in [0, 0.05) is 29.3 Å². The lowest BCUT2D eigenvalue weighted by Gasteiger charge is -2.39. The molecule has 1 spiro atoms. The Balaban J connectivity index is 1.70. The quantitative estimate of drug-likeness (QED) is 0.260. The van der Waals surface area contributed by atoms with Gasteiger partial charge in [-0.2, -0.15) is 0 Å². The standard InChI is InChI=1S/C27H18ClN3O8S/c28-19-12-15(40(30,36)37)6-8-20(19)31(26(29)35)21-9-14(33)11-23-24(21)27(18-7-5-13(32)10-22(18)38-23)17-4-2-1-3-16(17)25(34)39-27/h1-12,32-33H,(H2,29,35)(H2,30,36,37). The zero-order valence-electron chi connectivity index (χ0n) is 20.2. The molecule has 0 radical (unpaired) electrons. The van der Waals surface area contributed by atoms with Crippen LogP contribution in [0.4, 0.5) is 16.2 Å². The van der Waals surface area contributed by atoms with Gasteiger partial charge in [0.15, 0.2) is 5.60 Å². The number of halogens is 1. The number of phenols is 2. The number of phenolic OH excluding ortho intramolecular Hbond substituents is 2. The van der Waals surface area contributed by atoms with Gasteiger partial charge in [0.05, 0.1) is 32.4 Å². The Morgan fingerprint density at radius 3 is 2.33 bits per heavy atom. The number of amides is 2. The van der Waals surface area contributed by atoms with Crippen LogP contribution in [0.3, 0.4) is 0 Å². The second-order valence-electron chi connectivity index (χ2n) is 9.07. The first-order chi connectivity index (χ1) is 18.9. The van der Waals surface area contributed by atoms with Crippen molar-refractivity contribution < 1.29 is 37.7 Å². The predicted octanol–water partition coefficient (Wildman–Crippen LogP) is 4.18. The zero-order valence-corrected chi connectivity index (χ0v) is 21.7. The fraction of sp³-hybridized carbons (Fsp3) is 0.0370. The Morgan fingerprint density at radius 1 is 0.900 bits per heavy atom. The molecule has 2 amide bonds. The van der Waals surface area contributed by atoms with Gasteiger partial charge in [-0.3, -0.25) is 4.90 Å². The van der Waals surface area contributed by atoms with Crippen LogP contribution in [0.25, 0.3) is 0 Å². The molecule has 4 aromatic carbocycles. The summed E-state index contributed by atoms with van der Waals surface area (Å²) in [7, 11) is -4.13. The first-order valence-electron chi connectivity index (χ1n) is 11.6. The van der Waals surface area contributed by atoms with Gasteiger partial charge in [-0.05, 0) is 36.4 Å². The number of sulfonamides is 1. The molecule has 1 atom stereocenters. The van der Waals surface area contributed by atoms with Gasteiger partial charge in [0.25, 0.3) is 0 Å². The van der Waals surface area contributed by atoms with Crippen LogP contribution in [-0.2, 0) is 20.4 Å². The van der Waals surface area contributed by atoms with Crippen molar-refractivity contribution in [3.8, 4) is 23.0 Å². The highest BCUT2D eigenvalue weighted by molar-refractivity contribution is 7.89. The van der Waals surface area contributed by atoms with Gasteiger partial charge in [-0.15, -0.1) is 0 Å². The van der Waals surface area contributed by atoms with Crippen LogP contribution in [0.15, 0.2) is 77.7 Å². The minimum atomic E-state index is -4.13. The highest BCUT2D eigenvalue weighted by Crippen LogP contribution is 2.60. The highest BCUT2D eigenvalue weighted by Gasteiger charge is 2.55. The second kappa shape index (κ2) is 8.61. The molecule has 2 aliphatic rings. The highest BCUT2D eigenvalue weighted by atomic mass is 35.5. The number of ether oxygens (including phenoxy) is 2. The summed E-state index contributed by atoms with van der Waals surface area (Å²) in [5.41, 5.74) is 5.07. The lowest BCUT2D eigenvalue weighted by molar-refractivity contribution is 0.0226. The molecule has 0 fully saturated rings. The summed E-state index contributed by atoms with van der Waals surface area (Å²) in [6.07, 6.45) is 0. The molecule has 4 aromatic rings. The van der Waals surface area contributed by atoms with E-state index in [1.807, 2.05) is 0 Å². The van der Waals surface area contributed by atoms with E-state index in [0.717, 1.165) is 17.0 Å². The number of aromatic hydroxyl groups is 2. The normalized spacial score (nSPS) is 16.9. The Kier molecular flexibility index (Phi) is 5.49. The maximum absolute atomic E-state index is 13.2. The van der Waals surface area contributed by atoms with E-state index in [4.69, 9.17) is 31.9 Å². The van der Waals surface area contributed by atoms with Crippen molar-refractivity contribution in [3.05, 3.63) is 100 Å². The molecule has 11 nitrogen and oxygen atoms in total. The van der Waals surface area contributed by atoms with Gasteiger partial charge in [-0.25, -0.2) is 23.1 Å². The summed E-state index contributed by atoms with van der Waals surface area (Å²) in [6.45, 7) is 0. The lowest BCUT2D eigenvalue weighted by Crippen LogP contribution is -2.38. The molecular formula is C27H18ClN3O8S. The SMILES string of the molecule is NC(=O)N(c1ccc(S(N)(=O)=O)cc1Cl)c1cc(O)cc2c1C1(OC(=O)c3ccccc31)c1ccc(O)cc1O2. The molecule has 13 heteroatoms. The third-order valence-electron chi connectivity index (χ3n) is 6.70. The molecule has 2 aliphatic heterocycles. The zero-order chi connectivity index (χ0) is 28.6. The van der Waals surface area contributed by atoms with Gasteiger partial charge in [0.1, 0.15) is 23.0 Å². The Hall–Kier alpha value is -4.78. The number of urea groups is 1. The van der Waals surface area contributed by atoms with Crippen molar-refractivity contribution in [2.75, 3.05) is 4.90 Å². The van der Waals surface area contributed by atoms with E-state index in [1.54, 1.807) is 24.3 Å². The second-order valence-corrected chi connectivity index (χ2v) is 11.0. The summed E-state index contributed by atoms with van der Waals surface area (Å²) >= 11 is 6.42. The number of carbonyl (C=O) groups is 2. The summed E-state index contributed by atoms with van der Waals surface area (Å²) in [4.78, 5) is 26.8. The average Bonchev–Trinajstić information content (AvgIpc) is 3.16. The topological polar surface area (TPSA) is 182 Å². The molecule has 6 rings (SSSR count). The number of hydrogen-bond acceptors (Lipinski definition) is 8. The average molecular weight is 580 g/mol. The number of rotatable bonds is 3. The fourth-order valence-electron chi connectivity index (χ4n) is 5.15. The molecule has 0 aliphatic carbocycles. The van der Waals surface area contributed by atoms with E-state index in [9.17, 15) is 28.2 Å². The first kappa shape index (κ1) is 25.5. The molecule has 6 N–H and O–H groups in total. The van der Waals surface area contributed by atoms with Crippen molar-refractivity contribution in [2.45, 2.75) is 10.5 Å². The third kappa shape index (κ3) is 3.65. The fourth-order valence-corrected chi connectivity index (χ4v) is 6.02. The van der Waals surface area contributed by atoms with E-state index < -0.39 is 27.6 Å². The van der Waals surface area contributed by atoms with Crippen molar-refractivity contribution in [3.63, 3.8) is 0 Å². The number of primary amides is 1. The first-order valence-corrected chi connectivity index (χ1v) is 13.5. The Bertz CT molecular complexity index is 1900. The molecule has 0 bridgehead atoms. The van der Waals surface area contributed by atoms with Crippen LogP contribution in [0.2, 0.25) is 5.02 Å². The smallest absolute Gasteiger partial charge is 0.340 e. The Labute approximate surface area is 231 Å². The summed E-state index contributed by atoms with van der Waals surface area (Å²) < 4.78 is 35.9. The van der Waals surface area contributed by atoms with Crippen LogP contribution in [0.5, 0.6) is 23.0 Å². The largest absolute Gasteiger partial charge is 0.508 e. The molecule has 40 heavy (non-hydrogen) atoms. The molecule has 0 saturated carbocycles. The van der Waals surface area contributed by atoms with Crippen molar-refractivity contribution in [1.82, 2.24) is 0 Å². The van der Waals surface area contributed by atoms with Gasteiger partial charge in [-0.1, -0.05) is 29.8 Å². The maximum Gasteiger partial charge on any atom is 0.340 e. The predicted molar refractivity (Wildman–Crippen MR) is 143 cm³/mol. The number of benzene rings is 4. The molecule has 2 heterocycles. The van der Waals surface area contributed by atoms with Crippen LogP contribution < -0.4 is 20.5 Å². The number of nitrogens with two attached hydrogens (primary N) is 2. The summed E-state index contributed by atoms with van der Waals surface area (Å²) in [5, 5.41) is 25.9. The molecule has 0 saturated heterocycles. The van der Waals surface area contributed by atoms with Crippen LogP contribution in [-0.4, -0.2) is 30.6 Å². The van der Waals surface area contributed by atoms with E-state index in [-0.39, 0.29) is 55.4 Å². The van der Waals surface area contributed by atoms with Gasteiger partial charge in [0.2, 0.25) is 10.0 Å². The summed E-state index contributed by atoms with van der Waals surface area (Å²) in [5.74, 6) is -1.03. The third-order valence-corrected chi connectivity index (χ3v) is 7.92. The van der Waals surface area contributed by atoms with E-state index in [2.05, 4.69) is 0 Å². The molecular weight excluding hydrogens is 562 g/mol. The minimum absolute atomic E-state index is 0.0128. The number of primary sulfonamides is 1. The number of hydrogen-bond donors (Lipinski definition) is 4. The van der Waals surface area contributed by atoms with Gasteiger partial charge >= 0.3 is 12.0 Å². The summed E-state index contributed by atoms with van der Waals surface area (Å²) in [6, 6.07) is 15.7. The number of fused-ring (bicyclic) bond motifs is 6. The molecule has 202 valence electrons.